The molecule has 2 nitrogen and oxygen atoms in total. The molecule has 3 rings (SSSR count). The lowest BCUT2D eigenvalue weighted by atomic mass is 9.94. The molecule has 0 aromatic heterocycles. The molecule has 0 saturated heterocycles. The van der Waals surface area contributed by atoms with Gasteiger partial charge in [-0.05, 0) is 25.7 Å². The lowest BCUT2D eigenvalue weighted by Crippen LogP contribution is -2.39. The van der Waals surface area contributed by atoms with Gasteiger partial charge in [0.1, 0.15) is 0 Å². The summed E-state index contributed by atoms with van der Waals surface area (Å²) in [6.07, 6.45) is 19.1. The minimum Gasteiger partial charge on any atom is -0.356 e. The summed E-state index contributed by atoms with van der Waals surface area (Å²) < 4.78 is 0. The first kappa shape index (κ1) is 11.4. The van der Waals surface area contributed by atoms with E-state index in [-0.39, 0.29) is 0 Å². The standard InChI is InChI=1S/C15H26N2/c1-3-7-14(8-4-1)16-11-12-17(13-16)15-9-5-2-6-10-15/h11-12,14-15H,1-10,13H2. The quantitative estimate of drug-likeness (QED) is 0.719. The van der Waals surface area contributed by atoms with Gasteiger partial charge in [0, 0.05) is 24.5 Å². The van der Waals surface area contributed by atoms with Crippen LogP contribution in [0.2, 0.25) is 0 Å². The Morgan fingerprint density at radius 1 is 0.588 bits per heavy atom. The lowest BCUT2D eigenvalue weighted by molar-refractivity contribution is 0.134. The van der Waals surface area contributed by atoms with Gasteiger partial charge in [0.25, 0.3) is 0 Å². The average Bonchev–Trinajstić information content (AvgIpc) is 2.90. The van der Waals surface area contributed by atoms with E-state index < -0.39 is 0 Å². The molecule has 0 amide bonds. The van der Waals surface area contributed by atoms with Gasteiger partial charge in [-0.25, -0.2) is 0 Å². The molecule has 0 bridgehead atoms. The first-order valence-electron chi connectivity index (χ1n) is 7.63. The van der Waals surface area contributed by atoms with Crippen LogP contribution in [0.25, 0.3) is 0 Å². The maximum absolute atomic E-state index is 2.60. The summed E-state index contributed by atoms with van der Waals surface area (Å²) in [5.41, 5.74) is 0. The van der Waals surface area contributed by atoms with E-state index in [4.69, 9.17) is 0 Å². The third-order valence-electron chi connectivity index (χ3n) is 4.86. The predicted molar refractivity (Wildman–Crippen MR) is 71.4 cm³/mol. The molecule has 3 aliphatic rings. The fraction of sp³-hybridized carbons (Fsp3) is 0.867. The molecule has 2 saturated carbocycles. The number of hydrogen-bond acceptors (Lipinski definition) is 2. The van der Waals surface area contributed by atoms with Crippen LogP contribution in [0.3, 0.4) is 0 Å². The van der Waals surface area contributed by atoms with E-state index in [2.05, 4.69) is 22.2 Å². The molecule has 96 valence electrons. The van der Waals surface area contributed by atoms with Crippen LogP contribution < -0.4 is 0 Å². The van der Waals surface area contributed by atoms with E-state index in [0.717, 1.165) is 12.1 Å². The van der Waals surface area contributed by atoms with E-state index in [0.29, 0.717) is 0 Å². The van der Waals surface area contributed by atoms with Crippen molar-refractivity contribution in [3.63, 3.8) is 0 Å². The van der Waals surface area contributed by atoms with Gasteiger partial charge in [-0.2, -0.15) is 0 Å². The molecule has 2 heteroatoms. The van der Waals surface area contributed by atoms with E-state index in [9.17, 15) is 0 Å². The van der Waals surface area contributed by atoms with Crippen molar-refractivity contribution >= 4 is 0 Å². The van der Waals surface area contributed by atoms with Gasteiger partial charge in [0.15, 0.2) is 0 Å². The van der Waals surface area contributed by atoms with Gasteiger partial charge in [-0.3, -0.25) is 0 Å². The van der Waals surface area contributed by atoms with Crippen molar-refractivity contribution in [2.75, 3.05) is 6.67 Å². The average molecular weight is 234 g/mol. The summed E-state index contributed by atoms with van der Waals surface area (Å²) >= 11 is 0. The summed E-state index contributed by atoms with van der Waals surface area (Å²) in [7, 11) is 0. The van der Waals surface area contributed by atoms with Crippen molar-refractivity contribution in [1.29, 1.82) is 0 Å². The van der Waals surface area contributed by atoms with Gasteiger partial charge in [0.2, 0.25) is 0 Å². The van der Waals surface area contributed by atoms with Gasteiger partial charge >= 0.3 is 0 Å². The van der Waals surface area contributed by atoms with Crippen molar-refractivity contribution in [2.45, 2.75) is 76.3 Å². The van der Waals surface area contributed by atoms with Gasteiger partial charge in [-0.1, -0.05) is 38.5 Å². The third-order valence-corrected chi connectivity index (χ3v) is 4.86. The Morgan fingerprint density at radius 3 is 1.41 bits per heavy atom. The van der Waals surface area contributed by atoms with Crippen LogP contribution in [0.15, 0.2) is 12.4 Å². The summed E-state index contributed by atoms with van der Waals surface area (Å²) in [6, 6.07) is 1.68. The van der Waals surface area contributed by atoms with E-state index in [1.165, 1.54) is 70.9 Å². The minimum atomic E-state index is 0.841. The van der Waals surface area contributed by atoms with Crippen LogP contribution in [-0.2, 0) is 0 Å². The largest absolute Gasteiger partial charge is 0.356 e. The maximum Gasteiger partial charge on any atom is 0.0899 e. The zero-order valence-corrected chi connectivity index (χ0v) is 11.0. The number of rotatable bonds is 2. The summed E-state index contributed by atoms with van der Waals surface area (Å²) in [6.45, 7) is 1.18. The first-order chi connectivity index (χ1) is 8.43. The lowest BCUT2D eigenvalue weighted by Gasteiger charge is -2.36. The highest BCUT2D eigenvalue weighted by Crippen LogP contribution is 2.29. The van der Waals surface area contributed by atoms with Crippen LogP contribution in [0.5, 0.6) is 0 Å². The van der Waals surface area contributed by atoms with Crippen LogP contribution in [0.1, 0.15) is 64.2 Å². The number of hydrogen-bond donors (Lipinski definition) is 0. The van der Waals surface area contributed by atoms with Crippen LogP contribution >= 0.6 is 0 Å². The maximum atomic E-state index is 2.60. The zero-order valence-electron chi connectivity index (χ0n) is 11.0. The fourth-order valence-corrected chi connectivity index (χ4v) is 3.75. The second kappa shape index (κ2) is 5.32. The summed E-state index contributed by atoms with van der Waals surface area (Å²) in [4.78, 5) is 5.21. The van der Waals surface area contributed by atoms with Crippen LogP contribution in [-0.4, -0.2) is 28.6 Å². The molecule has 1 heterocycles. The number of nitrogens with zero attached hydrogens (tertiary/aromatic N) is 2. The molecule has 0 aromatic rings. The van der Waals surface area contributed by atoms with Gasteiger partial charge < -0.3 is 9.80 Å². The Kier molecular flexibility index (Phi) is 3.58. The van der Waals surface area contributed by atoms with Crippen LogP contribution in [0, 0.1) is 0 Å². The SMILES string of the molecule is C1=CN(C2CCCCC2)CN1C1CCCCC1. The zero-order chi connectivity index (χ0) is 11.5. The van der Waals surface area contributed by atoms with Crippen molar-refractivity contribution < 1.29 is 0 Å². The normalized spacial score (nSPS) is 28.0. The topological polar surface area (TPSA) is 6.48 Å². The highest BCUT2D eigenvalue weighted by molar-refractivity contribution is 4.97. The second-order valence-electron chi connectivity index (χ2n) is 6.05. The third kappa shape index (κ3) is 2.61. The van der Waals surface area contributed by atoms with Crippen molar-refractivity contribution in [1.82, 2.24) is 9.80 Å². The van der Waals surface area contributed by atoms with Crippen molar-refractivity contribution in [3.8, 4) is 0 Å². The minimum absolute atomic E-state index is 0.841. The molecule has 0 N–H and O–H groups in total. The Hall–Kier alpha value is -0.660. The molecule has 0 aromatic carbocycles. The molecule has 0 atom stereocenters. The fourth-order valence-electron chi connectivity index (χ4n) is 3.75. The summed E-state index contributed by atoms with van der Waals surface area (Å²) in [5.74, 6) is 0. The van der Waals surface area contributed by atoms with E-state index >= 15 is 0 Å². The molecule has 0 spiro atoms. The van der Waals surface area contributed by atoms with Crippen molar-refractivity contribution in [2.24, 2.45) is 0 Å². The molecular weight excluding hydrogens is 208 g/mol. The monoisotopic (exact) mass is 234 g/mol. The predicted octanol–water partition coefficient (Wildman–Crippen LogP) is 3.70. The highest BCUT2D eigenvalue weighted by Gasteiger charge is 2.27. The molecule has 2 aliphatic carbocycles. The summed E-state index contributed by atoms with van der Waals surface area (Å²) in [5, 5.41) is 0. The van der Waals surface area contributed by atoms with Gasteiger partial charge in [-0.15, -0.1) is 0 Å². The molecule has 0 radical (unpaired) electrons. The van der Waals surface area contributed by atoms with Crippen molar-refractivity contribution in [3.05, 3.63) is 12.4 Å². The Balaban J connectivity index is 1.52. The first-order valence-corrected chi connectivity index (χ1v) is 7.63. The van der Waals surface area contributed by atoms with E-state index in [1.807, 2.05) is 0 Å². The highest BCUT2D eigenvalue weighted by atomic mass is 15.4. The van der Waals surface area contributed by atoms with E-state index in [1.54, 1.807) is 0 Å². The molecule has 0 unspecified atom stereocenters. The Labute approximate surface area is 106 Å². The molecule has 1 aliphatic heterocycles. The smallest absolute Gasteiger partial charge is 0.0899 e. The Morgan fingerprint density at radius 2 is 1.00 bits per heavy atom. The molecular formula is C15H26N2. The Bertz CT molecular complexity index is 236. The van der Waals surface area contributed by atoms with Gasteiger partial charge in [0.05, 0.1) is 6.67 Å². The molecule has 17 heavy (non-hydrogen) atoms. The van der Waals surface area contributed by atoms with Crippen LogP contribution in [0.4, 0.5) is 0 Å². The second-order valence-corrected chi connectivity index (χ2v) is 6.05. The molecule has 2 fully saturated rings.